The van der Waals surface area contributed by atoms with Crippen LogP contribution in [0.3, 0.4) is 0 Å². The zero-order chi connectivity index (χ0) is 12.9. The van der Waals surface area contributed by atoms with Crippen molar-refractivity contribution in [1.29, 1.82) is 0 Å². The van der Waals surface area contributed by atoms with Gasteiger partial charge in [0.05, 0.1) is 12.2 Å². The molecule has 17 heavy (non-hydrogen) atoms. The van der Waals surface area contributed by atoms with E-state index in [0.717, 1.165) is 12.1 Å². The molecule has 96 valence electrons. The minimum absolute atomic E-state index is 0.106. The number of nitrogens with one attached hydrogen (secondary N) is 1. The minimum atomic E-state index is -4.48. The Morgan fingerprint density at radius 3 is 2.59 bits per heavy atom. The minimum Gasteiger partial charge on any atom is -0.475 e. The molecule has 0 aliphatic heterocycles. The first-order chi connectivity index (χ1) is 7.97. The molecule has 0 bridgehead atoms. The highest BCUT2D eigenvalue weighted by atomic mass is 19.4. The lowest BCUT2D eigenvalue weighted by Crippen LogP contribution is -2.14. The second kappa shape index (κ2) is 5.69. The first kappa shape index (κ1) is 13.5. The highest BCUT2D eigenvalue weighted by molar-refractivity contribution is 5.41. The lowest BCUT2D eigenvalue weighted by Gasteiger charge is -2.11. The standard InChI is InChI=1S/C9H12F3N3O2/c1-16-2-3-17-8-5-6(9(10,11)12)4-7(14-8)15-13/h4-5H,2-3,13H2,1H3,(H,14,15). The van der Waals surface area contributed by atoms with Gasteiger partial charge in [-0.05, 0) is 6.07 Å². The van der Waals surface area contributed by atoms with Gasteiger partial charge in [0.2, 0.25) is 5.88 Å². The van der Waals surface area contributed by atoms with Crippen molar-refractivity contribution in [3.8, 4) is 5.88 Å². The molecule has 0 atom stereocenters. The van der Waals surface area contributed by atoms with Crippen LogP contribution in [0.2, 0.25) is 0 Å². The molecule has 0 saturated carbocycles. The number of nitrogens with two attached hydrogens (primary N) is 1. The maximum atomic E-state index is 12.5. The molecule has 0 spiro atoms. The molecule has 0 amide bonds. The van der Waals surface area contributed by atoms with Crippen LogP contribution in [0, 0.1) is 0 Å². The van der Waals surface area contributed by atoms with Crippen LogP contribution < -0.4 is 16.0 Å². The fourth-order valence-corrected chi connectivity index (χ4v) is 1.05. The summed E-state index contributed by atoms with van der Waals surface area (Å²) in [5, 5.41) is 0. The summed E-state index contributed by atoms with van der Waals surface area (Å²) in [5.74, 6) is 4.75. The van der Waals surface area contributed by atoms with Crippen molar-refractivity contribution in [3.63, 3.8) is 0 Å². The summed E-state index contributed by atoms with van der Waals surface area (Å²) in [5.41, 5.74) is 1.17. The zero-order valence-corrected chi connectivity index (χ0v) is 9.04. The Hall–Kier alpha value is -1.54. The van der Waals surface area contributed by atoms with Crippen LogP contribution in [0.1, 0.15) is 5.56 Å². The lowest BCUT2D eigenvalue weighted by atomic mass is 10.2. The Bertz CT molecular complexity index is 371. The fraction of sp³-hybridized carbons (Fsp3) is 0.444. The number of methoxy groups -OCH3 is 1. The van der Waals surface area contributed by atoms with Crippen LogP contribution in [0.25, 0.3) is 0 Å². The zero-order valence-electron chi connectivity index (χ0n) is 9.04. The molecule has 0 aliphatic rings. The van der Waals surface area contributed by atoms with Gasteiger partial charge in [-0.15, -0.1) is 0 Å². The normalized spacial score (nSPS) is 11.4. The number of ether oxygens (including phenoxy) is 2. The molecular weight excluding hydrogens is 239 g/mol. The molecule has 1 heterocycles. The average Bonchev–Trinajstić information content (AvgIpc) is 2.28. The van der Waals surface area contributed by atoms with Crippen LogP contribution in [0.4, 0.5) is 19.0 Å². The number of nitrogen functional groups attached to an aromatic ring is 1. The molecule has 5 nitrogen and oxygen atoms in total. The van der Waals surface area contributed by atoms with Gasteiger partial charge < -0.3 is 14.9 Å². The first-order valence-corrected chi connectivity index (χ1v) is 4.65. The highest BCUT2D eigenvalue weighted by Crippen LogP contribution is 2.32. The number of alkyl halides is 3. The van der Waals surface area contributed by atoms with E-state index in [9.17, 15) is 13.2 Å². The third-order valence-electron chi connectivity index (χ3n) is 1.81. The van der Waals surface area contributed by atoms with Gasteiger partial charge >= 0.3 is 6.18 Å². The maximum Gasteiger partial charge on any atom is 0.416 e. The molecule has 0 radical (unpaired) electrons. The van der Waals surface area contributed by atoms with Crippen LogP contribution >= 0.6 is 0 Å². The summed E-state index contributed by atoms with van der Waals surface area (Å²) in [6, 6.07) is 1.60. The molecule has 0 unspecified atom stereocenters. The molecule has 0 fully saturated rings. The van der Waals surface area contributed by atoms with Gasteiger partial charge in [0.1, 0.15) is 12.4 Å². The smallest absolute Gasteiger partial charge is 0.416 e. The van der Waals surface area contributed by atoms with Gasteiger partial charge in [0.15, 0.2) is 0 Å². The van der Waals surface area contributed by atoms with E-state index in [1.165, 1.54) is 7.11 Å². The molecule has 0 aromatic carbocycles. The number of hydrogen-bond donors (Lipinski definition) is 2. The third kappa shape index (κ3) is 4.08. The van der Waals surface area contributed by atoms with E-state index in [-0.39, 0.29) is 24.9 Å². The van der Waals surface area contributed by atoms with Crippen molar-refractivity contribution in [3.05, 3.63) is 17.7 Å². The number of nitrogens with zero attached hydrogens (tertiary/aromatic N) is 1. The van der Waals surface area contributed by atoms with Gasteiger partial charge in [0, 0.05) is 13.2 Å². The van der Waals surface area contributed by atoms with Gasteiger partial charge in [-0.25, -0.2) is 5.84 Å². The van der Waals surface area contributed by atoms with E-state index in [2.05, 4.69) is 4.98 Å². The average molecular weight is 251 g/mol. The third-order valence-corrected chi connectivity index (χ3v) is 1.81. The molecule has 1 aromatic rings. The Balaban J connectivity index is 2.89. The fourth-order valence-electron chi connectivity index (χ4n) is 1.05. The summed E-state index contributed by atoms with van der Waals surface area (Å²) in [7, 11) is 1.45. The van der Waals surface area contributed by atoms with Crippen LogP contribution in [0.15, 0.2) is 12.1 Å². The largest absolute Gasteiger partial charge is 0.475 e. The van der Waals surface area contributed by atoms with Crippen molar-refractivity contribution < 1.29 is 22.6 Å². The summed E-state index contributed by atoms with van der Waals surface area (Å²) in [4.78, 5) is 3.72. The van der Waals surface area contributed by atoms with E-state index < -0.39 is 11.7 Å². The van der Waals surface area contributed by atoms with Gasteiger partial charge in [-0.1, -0.05) is 0 Å². The van der Waals surface area contributed by atoms with Crippen LogP contribution in [-0.4, -0.2) is 25.3 Å². The molecule has 1 aromatic heterocycles. The van der Waals surface area contributed by atoms with Crippen molar-refractivity contribution in [2.75, 3.05) is 25.7 Å². The van der Waals surface area contributed by atoms with Gasteiger partial charge in [0.25, 0.3) is 0 Å². The van der Waals surface area contributed by atoms with E-state index in [1.54, 1.807) is 0 Å². The number of rotatable bonds is 5. The topological polar surface area (TPSA) is 69.4 Å². The second-order valence-electron chi connectivity index (χ2n) is 3.06. The highest BCUT2D eigenvalue weighted by Gasteiger charge is 2.31. The first-order valence-electron chi connectivity index (χ1n) is 4.65. The number of hydrazine groups is 1. The predicted molar refractivity (Wildman–Crippen MR) is 54.4 cm³/mol. The van der Waals surface area contributed by atoms with E-state index in [1.807, 2.05) is 5.43 Å². The van der Waals surface area contributed by atoms with Crippen molar-refractivity contribution in [2.45, 2.75) is 6.18 Å². The quantitative estimate of drug-likeness (QED) is 0.470. The summed E-state index contributed by atoms with van der Waals surface area (Å²) < 4.78 is 47.2. The van der Waals surface area contributed by atoms with E-state index in [0.29, 0.717) is 0 Å². The molecule has 8 heteroatoms. The molecule has 0 aliphatic carbocycles. The van der Waals surface area contributed by atoms with E-state index in [4.69, 9.17) is 15.3 Å². The van der Waals surface area contributed by atoms with Crippen molar-refractivity contribution in [2.24, 2.45) is 5.84 Å². The van der Waals surface area contributed by atoms with Crippen LogP contribution in [0.5, 0.6) is 5.88 Å². The Labute approximate surface area is 95.7 Å². The number of halogens is 3. The predicted octanol–water partition coefficient (Wildman–Crippen LogP) is 1.41. The summed E-state index contributed by atoms with van der Waals surface area (Å²) >= 11 is 0. The Kier molecular flexibility index (Phi) is 4.53. The molecule has 0 saturated heterocycles. The lowest BCUT2D eigenvalue weighted by molar-refractivity contribution is -0.137. The van der Waals surface area contributed by atoms with Gasteiger partial charge in [-0.2, -0.15) is 18.2 Å². The SMILES string of the molecule is COCCOc1cc(C(F)(F)F)cc(NN)n1. The molecular formula is C9H12F3N3O2. The Morgan fingerprint density at radius 2 is 2.06 bits per heavy atom. The number of aromatic nitrogens is 1. The maximum absolute atomic E-state index is 12.5. The Morgan fingerprint density at radius 1 is 1.35 bits per heavy atom. The van der Waals surface area contributed by atoms with Crippen LogP contribution in [-0.2, 0) is 10.9 Å². The van der Waals surface area contributed by atoms with E-state index >= 15 is 0 Å². The molecule has 1 rings (SSSR count). The number of hydrogen-bond acceptors (Lipinski definition) is 5. The van der Waals surface area contributed by atoms with Crippen molar-refractivity contribution >= 4 is 5.82 Å². The van der Waals surface area contributed by atoms with Crippen molar-refractivity contribution in [1.82, 2.24) is 4.98 Å². The second-order valence-corrected chi connectivity index (χ2v) is 3.06. The summed E-state index contributed by atoms with van der Waals surface area (Å²) in [6.07, 6.45) is -4.48. The number of pyridine rings is 1. The molecule has 3 N–H and O–H groups in total. The monoisotopic (exact) mass is 251 g/mol. The number of anilines is 1. The van der Waals surface area contributed by atoms with Gasteiger partial charge in [-0.3, -0.25) is 0 Å². The summed E-state index contributed by atoms with van der Waals surface area (Å²) in [6.45, 7) is 0.359.